The van der Waals surface area contributed by atoms with Crippen molar-refractivity contribution in [1.29, 1.82) is 0 Å². The van der Waals surface area contributed by atoms with Crippen LogP contribution < -0.4 is 0 Å². The fourth-order valence-electron chi connectivity index (χ4n) is 9.31. The summed E-state index contributed by atoms with van der Waals surface area (Å²) in [5.41, 5.74) is -1.14. The Morgan fingerprint density at radius 1 is 1.10 bits per heavy atom. The summed E-state index contributed by atoms with van der Waals surface area (Å²) in [6.45, 7) is 15.3. The molecule has 0 aromatic carbocycles. The molecule has 354 valence electrons. The molecule has 3 fully saturated rings. The molecule has 12 atom stereocenters. The van der Waals surface area contributed by atoms with Gasteiger partial charge in [0.1, 0.15) is 29.6 Å². The molecule has 0 aliphatic carbocycles. The van der Waals surface area contributed by atoms with Gasteiger partial charge < -0.3 is 38.6 Å². The largest absolute Gasteiger partial charge is 0.458 e. The van der Waals surface area contributed by atoms with Crippen LogP contribution in [0.3, 0.4) is 0 Å². The number of hydrogen-bond acceptors (Lipinski definition) is 15. The average Bonchev–Trinajstić information content (AvgIpc) is 3.82. The number of rotatable bonds is 11. The first-order valence-corrected chi connectivity index (χ1v) is 23.0. The molecule has 17 nitrogen and oxygen atoms in total. The first-order valence-electron chi connectivity index (χ1n) is 21.9. The topological polar surface area (TPSA) is 188 Å². The van der Waals surface area contributed by atoms with Gasteiger partial charge in [-0.05, 0) is 98.9 Å². The van der Waals surface area contributed by atoms with Crippen LogP contribution >= 0.6 is 12.1 Å². The molecule has 2 unspecified atom stereocenters. The molecule has 3 saturated heterocycles. The van der Waals surface area contributed by atoms with E-state index in [0.717, 1.165) is 5.69 Å². The summed E-state index contributed by atoms with van der Waals surface area (Å²) >= 11 is 0.250. The van der Waals surface area contributed by atoms with Gasteiger partial charge in [0.15, 0.2) is 11.9 Å². The second-order valence-electron chi connectivity index (χ2n) is 17.8. The number of hydrogen-bond donors (Lipinski definition) is 1. The quantitative estimate of drug-likeness (QED) is 0.173. The number of ether oxygens (including phenoxy) is 5. The van der Waals surface area contributed by atoms with Crippen molar-refractivity contribution < 1.29 is 51.9 Å². The van der Waals surface area contributed by atoms with Crippen molar-refractivity contribution in [2.75, 3.05) is 40.6 Å². The number of aromatic nitrogens is 4. The standard InChI is InChI=1S/C43H67N7O10.CH3FS/c1-12-35-43(8)38(49(41(55)60-43)20-16-15-19-48-25-32(45-46-48)31-17-13-14-18-44-31)29(5)50(30(6)51)24-26(2)23-42(7,56-11)36(22-34(52)28(4)39(54)58-35)59-40-37(53)33(47(9)10)21-27(3)57-40;1-3-2/h13-14,17-18,25-29,33,35-38,40,53H,12,15-16,19-24H2,1-11H3;1H3/t26-,27-,28-,29-,33?,35-,36-,37?,38-,40+,42+,43-;/m1./s1. The molecule has 3 aliphatic rings. The minimum Gasteiger partial charge on any atom is -0.458 e. The predicted molar refractivity (Wildman–Crippen MR) is 235 cm³/mol. The maximum Gasteiger partial charge on any atom is 0.410 e. The number of aliphatic hydroxyl groups excluding tert-OH is 1. The van der Waals surface area contributed by atoms with Gasteiger partial charge in [0.2, 0.25) is 5.91 Å². The molecule has 63 heavy (non-hydrogen) atoms. The minimum atomic E-state index is -1.38. The third-order valence-electron chi connectivity index (χ3n) is 12.8. The number of fused-ring (bicyclic) bond motifs is 1. The van der Waals surface area contributed by atoms with E-state index in [1.54, 1.807) is 27.6 Å². The lowest BCUT2D eigenvalue weighted by atomic mass is 9.82. The molecule has 0 bridgehead atoms. The van der Waals surface area contributed by atoms with Crippen molar-refractivity contribution in [3.8, 4) is 11.4 Å². The Hall–Kier alpha value is -3.75. The number of carbonyl (C=O) groups is 4. The van der Waals surface area contributed by atoms with Gasteiger partial charge in [-0.2, -0.15) is 3.89 Å². The number of ketones is 1. The van der Waals surface area contributed by atoms with E-state index in [1.807, 2.05) is 78.0 Å². The number of cyclic esters (lactones) is 1. The molecule has 5 rings (SSSR count). The number of likely N-dealkylation sites (N-methyl/N-ethyl adjacent to an activating group) is 1. The van der Waals surface area contributed by atoms with E-state index in [-0.39, 0.29) is 55.5 Å². The van der Waals surface area contributed by atoms with Gasteiger partial charge in [-0.3, -0.25) is 28.9 Å². The number of unbranched alkanes of at least 4 members (excludes halogenated alkanes) is 1. The van der Waals surface area contributed by atoms with E-state index in [4.69, 9.17) is 23.7 Å². The van der Waals surface area contributed by atoms with Crippen LogP contribution in [0.1, 0.15) is 93.9 Å². The number of pyridine rings is 1. The Bertz CT molecular complexity index is 1810. The van der Waals surface area contributed by atoms with Gasteiger partial charge in [-0.1, -0.05) is 25.1 Å². The highest BCUT2D eigenvalue weighted by molar-refractivity contribution is 7.93. The fraction of sp³-hybridized carbons (Fsp3) is 0.750. The lowest BCUT2D eigenvalue weighted by molar-refractivity contribution is -0.289. The second kappa shape index (κ2) is 22.9. The molecular formula is C44H70FN7O10S. The smallest absolute Gasteiger partial charge is 0.410 e. The number of aliphatic hydroxyl groups is 1. The van der Waals surface area contributed by atoms with E-state index in [9.17, 15) is 28.2 Å². The normalized spacial score (nSPS) is 33.4. The molecule has 2 aromatic rings. The van der Waals surface area contributed by atoms with Gasteiger partial charge in [0.25, 0.3) is 0 Å². The van der Waals surface area contributed by atoms with Crippen molar-refractivity contribution in [2.45, 2.75) is 160 Å². The van der Waals surface area contributed by atoms with Crippen molar-refractivity contribution in [3.05, 3.63) is 30.6 Å². The van der Waals surface area contributed by atoms with Gasteiger partial charge in [0.05, 0.1) is 41.8 Å². The maximum absolute atomic E-state index is 14.1. The summed E-state index contributed by atoms with van der Waals surface area (Å²) in [6.07, 6.45) is 2.25. The molecule has 5 heterocycles. The summed E-state index contributed by atoms with van der Waals surface area (Å²) in [4.78, 5) is 65.4. The zero-order valence-electron chi connectivity index (χ0n) is 39.1. The van der Waals surface area contributed by atoms with Gasteiger partial charge >= 0.3 is 12.1 Å². The van der Waals surface area contributed by atoms with Crippen LogP contribution in [0.15, 0.2) is 30.6 Å². The minimum absolute atomic E-state index is 0.210. The van der Waals surface area contributed by atoms with Crippen LogP contribution in [-0.2, 0) is 44.6 Å². The Labute approximate surface area is 376 Å². The second-order valence-corrected chi connectivity index (χ2v) is 18.1. The molecule has 0 saturated carbocycles. The number of methoxy groups -OCH3 is 1. The Morgan fingerprint density at radius 3 is 2.38 bits per heavy atom. The number of aryl methyl sites for hydroxylation is 1. The van der Waals surface area contributed by atoms with Gasteiger partial charge in [-0.25, -0.2) is 4.79 Å². The summed E-state index contributed by atoms with van der Waals surface area (Å²) in [7, 11) is 5.30. The summed E-state index contributed by atoms with van der Waals surface area (Å²) in [5.74, 6) is -2.86. The van der Waals surface area contributed by atoms with Crippen LogP contribution in [0.4, 0.5) is 8.68 Å². The Kier molecular flexibility index (Phi) is 18.9. The number of halogens is 1. The summed E-state index contributed by atoms with van der Waals surface area (Å²) in [5, 5.41) is 19.9. The SMILES string of the molecule is CC[C@H]1OC(=O)[C@H](C)C(=O)C[C@@H](O[C@@H]2O[C@H](C)CC(N(C)C)C2O)[C@@](C)(OC)C[C@@H](C)CN(C(C)=O)[C@H](C)[C@H]2N(CCCCn3cc(-c4ccccn4)nn3)C(=O)O[C@]12C.CSF. The zero-order valence-corrected chi connectivity index (χ0v) is 39.9. The van der Waals surface area contributed by atoms with Crippen molar-refractivity contribution in [2.24, 2.45) is 11.8 Å². The molecule has 1 N–H and O–H groups in total. The average molecular weight is 908 g/mol. The zero-order chi connectivity index (χ0) is 46.8. The lowest BCUT2D eigenvalue weighted by Gasteiger charge is -2.46. The van der Waals surface area contributed by atoms with E-state index in [0.29, 0.717) is 44.5 Å². The van der Waals surface area contributed by atoms with Crippen LogP contribution in [0.5, 0.6) is 0 Å². The van der Waals surface area contributed by atoms with Crippen LogP contribution in [0.2, 0.25) is 0 Å². The lowest BCUT2D eigenvalue weighted by Crippen LogP contribution is -2.62. The van der Waals surface area contributed by atoms with Crippen molar-refractivity contribution in [1.82, 2.24) is 34.7 Å². The van der Waals surface area contributed by atoms with Crippen LogP contribution in [0.25, 0.3) is 11.4 Å². The van der Waals surface area contributed by atoms with E-state index < -0.39 is 71.7 Å². The molecule has 2 aromatic heterocycles. The molecule has 19 heteroatoms. The number of amides is 2. The molecule has 2 amide bonds. The monoisotopic (exact) mass is 907 g/mol. The Balaban J connectivity index is 0.00000282. The van der Waals surface area contributed by atoms with Crippen molar-refractivity contribution >= 4 is 35.9 Å². The van der Waals surface area contributed by atoms with Crippen molar-refractivity contribution in [3.63, 3.8) is 0 Å². The third-order valence-corrected chi connectivity index (χ3v) is 12.8. The first kappa shape index (κ1) is 51.9. The van der Waals surface area contributed by atoms with E-state index >= 15 is 0 Å². The highest BCUT2D eigenvalue weighted by atomic mass is 32.2. The molecule has 0 radical (unpaired) electrons. The summed E-state index contributed by atoms with van der Waals surface area (Å²) in [6, 6.07) is 4.02. The first-order chi connectivity index (χ1) is 29.7. The van der Waals surface area contributed by atoms with E-state index in [1.165, 1.54) is 27.2 Å². The number of nitrogens with zero attached hydrogens (tertiary/aromatic N) is 7. The number of carbonyl (C=O) groups excluding carboxylic acids is 4. The van der Waals surface area contributed by atoms with E-state index in [2.05, 4.69) is 15.3 Å². The highest BCUT2D eigenvalue weighted by Gasteiger charge is 2.59. The third kappa shape index (κ3) is 12.5. The van der Waals surface area contributed by atoms with Crippen LogP contribution in [0, 0.1) is 11.8 Å². The summed E-state index contributed by atoms with van der Waals surface area (Å²) < 4.78 is 43.2. The molecular weight excluding hydrogens is 838 g/mol. The number of Topliss-reactive ketones (excluding diaryl/α,β-unsaturated/α-hetero) is 1. The van der Waals surface area contributed by atoms with Gasteiger partial charge in [0, 0.05) is 70.7 Å². The fourth-order valence-corrected chi connectivity index (χ4v) is 9.31. The predicted octanol–water partition coefficient (Wildman–Crippen LogP) is 5.34. The Morgan fingerprint density at radius 2 is 1.78 bits per heavy atom. The highest BCUT2D eigenvalue weighted by Crippen LogP contribution is 2.41. The molecule has 0 spiro atoms. The molecule has 3 aliphatic heterocycles. The van der Waals surface area contributed by atoms with Gasteiger partial charge in [-0.15, -0.1) is 5.10 Å². The maximum atomic E-state index is 14.1. The van der Waals surface area contributed by atoms with Crippen LogP contribution in [-0.4, -0.2) is 164 Å². The number of esters is 1.